The van der Waals surface area contributed by atoms with Crippen LogP contribution in [0.1, 0.15) is 35.2 Å². The minimum Gasteiger partial charge on any atom is -0.379 e. The summed E-state index contributed by atoms with van der Waals surface area (Å²) in [6, 6.07) is 7.49. The van der Waals surface area contributed by atoms with Crippen LogP contribution in [0, 0.1) is 5.41 Å². The van der Waals surface area contributed by atoms with E-state index in [1.54, 1.807) is 13.1 Å². The zero-order valence-electron chi connectivity index (χ0n) is 14.8. The number of hydrogen-bond donors (Lipinski definition) is 2. The van der Waals surface area contributed by atoms with Gasteiger partial charge in [0.1, 0.15) is 0 Å². The summed E-state index contributed by atoms with van der Waals surface area (Å²) < 4.78 is 5.69. The molecule has 6 nitrogen and oxygen atoms in total. The lowest BCUT2D eigenvalue weighted by atomic mass is 9.69. The van der Waals surface area contributed by atoms with E-state index in [1.807, 2.05) is 23.1 Å². The molecule has 0 unspecified atom stereocenters. The van der Waals surface area contributed by atoms with Gasteiger partial charge in [-0.1, -0.05) is 18.6 Å². The Morgan fingerprint density at radius 2 is 2.16 bits per heavy atom. The largest absolute Gasteiger partial charge is 0.379 e. The standard InChI is InChI=1S/C19H27N3O3/c1-20-17(23)16-5-2-4-15(12-16)6-9-21-18(24)22-10-11-25-14-19(13-22)7-3-8-19/h2,4-5,12H,3,6-11,13-14H2,1H3,(H,20,23)(H,21,24). The first-order chi connectivity index (χ1) is 12.1. The summed E-state index contributed by atoms with van der Waals surface area (Å²) in [4.78, 5) is 26.1. The number of amides is 3. The van der Waals surface area contributed by atoms with E-state index in [0.717, 1.165) is 31.6 Å². The van der Waals surface area contributed by atoms with E-state index in [4.69, 9.17) is 4.74 Å². The maximum absolute atomic E-state index is 12.5. The molecular formula is C19H27N3O3. The molecule has 1 saturated carbocycles. The van der Waals surface area contributed by atoms with Crippen molar-refractivity contribution >= 4 is 11.9 Å². The first kappa shape index (κ1) is 17.7. The highest BCUT2D eigenvalue weighted by molar-refractivity contribution is 5.94. The number of carbonyl (C=O) groups is 2. The highest BCUT2D eigenvalue weighted by atomic mass is 16.5. The molecule has 2 fully saturated rings. The van der Waals surface area contributed by atoms with Crippen molar-refractivity contribution in [2.24, 2.45) is 5.41 Å². The van der Waals surface area contributed by atoms with Gasteiger partial charge in [-0.2, -0.15) is 0 Å². The minimum absolute atomic E-state index is 0.0146. The van der Waals surface area contributed by atoms with E-state index in [9.17, 15) is 9.59 Å². The molecular weight excluding hydrogens is 318 g/mol. The minimum atomic E-state index is -0.0961. The molecule has 2 N–H and O–H groups in total. The molecule has 3 rings (SSSR count). The monoisotopic (exact) mass is 345 g/mol. The quantitative estimate of drug-likeness (QED) is 0.874. The summed E-state index contributed by atoms with van der Waals surface area (Å²) in [6.07, 6.45) is 4.25. The predicted molar refractivity (Wildman–Crippen MR) is 95.6 cm³/mol. The molecule has 0 radical (unpaired) electrons. The van der Waals surface area contributed by atoms with Gasteiger partial charge in [0.25, 0.3) is 5.91 Å². The number of carbonyl (C=O) groups excluding carboxylic acids is 2. The first-order valence-electron chi connectivity index (χ1n) is 9.03. The Morgan fingerprint density at radius 1 is 1.32 bits per heavy atom. The van der Waals surface area contributed by atoms with E-state index in [-0.39, 0.29) is 17.4 Å². The van der Waals surface area contributed by atoms with Crippen LogP contribution in [-0.2, 0) is 11.2 Å². The summed E-state index contributed by atoms with van der Waals surface area (Å²) in [5.74, 6) is -0.0961. The summed E-state index contributed by atoms with van der Waals surface area (Å²) in [5, 5.41) is 5.63. The third kappa shape index (κ3) is 4.31. The molecule has 1 aliphatic carbocycles. The summed E-state index contributed by atoms with van der Waals surface area (Å²) in [6.45, 7) is 3.40. The Hall–Kier alpha value is -2.08. The Kier molecular flexibility index (Phi) is 5.58. The van der Waals surface area contributed by atoms with Gasteiger partial charge >= 0.3 is 6.03 Å². The van der Waals surface area contributed by atoms with Gasteiger partial charge in [0.2, 0.25) is 0 Å². The molecule has 25 heavy (non-hydrogen) atoms. The number of nitrogens with zero attached hydrogens (tertiary/aromatic N) is 1. The molecule has 2 aliphatic rings. The summed E-state index contributed by atoms with van der Waals surface area (Å²) in [5.41, 5.74) is 1.87. The lowest BCUT2D eigenvalue weighted by molar-refractivity contribution is 0.0126. The topological polar surface area (TPSA) is 70.7 Å². The second-order valence-corrected chi connectivity index (χ2v) is 7.09. The van der Waals surface area contributed by atoms with Crippen LogP contribution in [0.25, 0.3) is 0 Å². The molecule has 0 aromatic heterocycles. The van der Waals surface area contributed by atoms with Crippen molar-refractivity contribution in [2.75, 3.05) is 39.9 Å². The second kappa shape index (κ2) is 7.87. The van der Waals surface area contributed by atoms with E-state index in [0.29, 0.717) is 31.7 Å². The number of rotatable bonds is 4. The molecule has 1 aromatic carbocycles. The fourth-order valence-electron chi connectivity index (χ4n) is 3.58. The van der Waals surface area contributed by atoms with Crippen molar-refractivity contribution in [3.63, 3.8) is 0 Å². The first-order valence-corrected chi connectivity index (χ1v) is 9.03. The zero-order valence-corrected chi connectivity index (χ0v) is 14.8. The molecule has 1 aromatic rings. The molecule has 1 aliphatic heterocycles. The van der Waals surface area contributed by atoms with E-state index >= 15 is 0 Å². The Morgan fingerprint density at radius 3 is 2.88 bits per heavy atom. The smallest absolute Gasteiger partial charge is 0.317 e. The number of urea groups is 1. The molecule has 6 heteroatoms. The molecule has 0 atom stereocenters. The predicted octanol–water partition coefficient (Wildman–Crippen LogP) is 1.80. The molecule has 1 saturated heterocycles. The van der Waals surface area contributed by atoms with Crippen LogP contribution in [0.3, 0.4) is 0 Å². The molecule has 0 bridgehead atoms. The van der Waals surface area contributed by atoms with Crippen molar-refractivity contribution in [3.05, 3.63) is 35.4 Å². The van der Waals surface area contributed by atoms with Gasteiger partial charge in [0.15, 0.2) is 0 Å². The molecule has 136 valence electrons. The number of ether oxygens (including phenoxy) is 1. The van der Waals surface area contributed by atoms with Gasteiger partial charge in [0.05, 0.1) is 13.2 Å². The molecule has 1 heterocycles. The third-order valence-corrected chi connectivity index (χ3v) is 5.25. The number of benzene rings is 1. The Balaban J connectivity index is 1.50. The highest BCUT2D eigenvalue weighted by Gasteiger charge is 2.41. The van der Waals surface area contributed by atoms with Crippen molar-refractivity contribution in [1.29, 1.82) is 0 Å². The van der Waals surface area contributed by atoms with E-state index in [2.05, 4.69) is 10.6 Å². The highest BCUT2D eigenvalue weighted by Crippen LogP contribution is 2.42. The lowest BCUT2D eigenvalue weighted by Gasteiger charge is -2.42. The molecule has 1 spiro atoms. The van der Waals surface area contributed by atoms with Crippen molar-refractivity contribution in [3.8, 4) is 0 Å². The maximum Gasteiger partial charge on any atom is 0.317 e. The SMILES string of the molecule is CNC(=O)c1cccc(CCNC(=O)N2CCOCC3(CCC3)C2)c1. The maximum atomic E-state index is 12.5. The van der Waals surface area contributed by atoms with Crippen molar-refractivity contribution in [2.45, 2.75) is 25.7 Å². The fourth-order valence-corrected chi connectivity index (χ4v) is 3.58. The summed E-state index contributed by atoms with van der Waals surface area (Å²) in [7, 11) is 1.62. The van der Waals surface area contributed by atoms with Crippen molar-refractivity contribution < 1.29 is 14.3 Å². The van der Waals surface area contributed by atoms with Crippen LogP contribution in [-0.4, -0.2) is 56.7 Å². The van der Waals surface area contributed by atoms with Gasteiger partial charge in [-0.25, -0.2) is 4.79 Å². The zero-order chi connectivity index (χ0) is 17.7. The number of hydrogen-bond acceptors (Lipinski definition) is 3. The van der Waals surface area contributed by atoms with E-state index < -0.39 is 0 Å². The fraction of sp³-hybridized carbons (Fsp3) is 0.579. The summed E-state index contributed by atoms with van der Waals surface area (Å²) >= 11 is 0. The average molecular weight is 345 g/mol. The van der Waals surface area contributed by atoms with Crippen LogP contribution in [0.2, 0.25) is 0 Å². The van der Waals surface area contributed by atoms with Crippen LogP contribution >= 0.6 is 0 Å². The average Bonchev–Trinajstić information content (AvgIpc) is 2.84. The van der Waals surface area contributed by atoms with E-state index in [1.165, 1.54) is 6.42 Å². The van der Waals surface area contributed by atoms with Gasteiger partial charge in [-0.05, 0) is 37.0 Å². The molecule has 3 amide bonds. The number of nitrogens with one attached hydrogen (secondary N) is 2. The van der Waals surface area contributed by atoms with Gasteiger partial charge < -0.3 is 20.3 Å². The van der Waals surface area contributed by atoms with Gasteiger partial charge in [-0.3, -0.25) is 4.79 Å². The normalized spacial score (nSPS) is 19.0. The van der Waals surface area contributed by atoms with Crippen LogP contribution in [0.4, 0.5) is 4.79 Å². The van der Waals surface area contributed by atoms with Gasteiger partial charge in [-0.15, -0.1) is 0 Å². The lowest BCUT2D eigenvalue weighted by Crippen LogP contribution is -2.49. The van der Waals surface area contributed by atoms with Crippen LogP contribution in [0.15, 0.2) is 24.3 Å². The van der Waals surface area contributed by atoms with Gasteiger partial charge in [0, 0.05) is 37.7 Å². The third-order valence-electron chi connectivity index (χ3n) is 5.25. The van der Waals surface area contributed by atoms with Crippen LogP contribution in [0.5, 0.6) is 0 Å². The Bertz CT molecular complexity index is 628. The Labute approximate surface area is 148 Å². The van der Waals surface area contributed by atoms with Crippen molar-refractivity contribution in [1.82, 2.24) is 15.5 Å². The van der Waals surface area contributed by atoms with Crippen LogP contribution < -0.4 is 10.6 Å². The second-order valence-electron chi connectivity index (χ2n) is 7.09.